The molecule has 0 unspecified atom stereocenters. The van der Waals surface area contributed by atoms with Gasteiger partial charge in [0.25, 0.3) is 0 Å². The fourth-order valence-corrected chi connectivity index (χ4v) is 5.37. The maximum atomic E-state index is 13.7. The van der Waals surface area contributed by atoms with Crippen LogP contribution in [0.4, 0.5) is 11.8 Å². The number of benzene rings is 1. The minimum Gasteiger partial charge on any atom is -0.462 e. The first-order valence-corrected chi connectivity index (χ1v) is 13.5. The first-order valence-electron chi connectivity index (χ1n) is 12.0. The summed E-state index contributed by atoms with van der Waals surface area (Å²) >= 11 is 0. The van der Waals surface area contributed by atoms with Crippen LogP contribution in [0, 0.1) is 0 Å². The van der Waals surface area contributed by atoms with Crippen LogP contribution in [0.5, 0.6) is 5.75 Å². The summed E-state index contributed by atoms with van der Waals surface area (Å²) in [4.78, 5) is 25.2. The summed E-state index contributed by atoms with van der Waals surface area (Å²) in [6.07, 6.45) is 1.81. The Kier molecular flexibility index (Phi) is 8.28. The number of nitrogens with one attached hydrogen (secondary N) is 2. The summed E-state index contributed by atoms with van der Waals surface area (Å²) in [5.74, 6) is 0.401. The van der Waals surface area contributed by atoms with E-state index in [1.807, 2.05) is 0 Å². The molecule has 13 nitrogen and oxygen atoms in total. The fourth-order valence-electron chi connectivity index (χ4n) is 3.85. The summed E-state index contributed by atoms with van der Waals surface area (Å²) in [6, 6.07) is 7.65. The molecule has 0 spiro atoms. The Morgan fingerprint density at radius 2 is 2.00 bits per heavy atom. The summed E-state index contributed by atoms with van der Waals surface area (Å²) in [7, 11) is -2.25. The highest BCUT2D eigenvalue weighted by molar-refractivity contribution is 7.52. The van der Waals surface area contributed by atoms with Crippen LogP contribution >= 0.6 is 7.75 Å². The molecular weight excluding hydrogens is 501 g/mol. The lowest BCUT2D eigenvalue weighted by atomic mass is 10.2. The van der Waals surface area contributed by atoms with Crippen molar-refractivity contribution in [3.63, 3.8) is 0 Å². The van der Waals surface area contributed by atoms with Gasteiger partial charge in [-0.25, -0.2) is 9.55 Å². The highest BCUT2D eigenvalue weighted by atomic mass is 31.2. The van der Waals surface area contributed by atoms with E-state index in [1.165, 1.54) is 6.92 Å². The number of anilines is 2. The van der Waals surface area contributed by atoms with Crippen LogP contribution in [0.25, 0.3) is 11.2 Å². The van der Waals surface area contributed by atoms with E-state index in [2.05, 4.69) is 25.4 Å². The SMILES string of the molecule is CNc1nc(N)nc2c1ncn2[C@H]1CC[C@@H](CO[P@](=O)(N[C@@H](C)C(=O)OC(C)C)Oc2ccccc2)O1. The summed E-state index contributed by atoms with van der Waals surface area (Å²) in [5.41, 5.74) is 6.97. The molecule has 3 aromatic rings. The molecule has 1 aromatic carbocycles. The molecule has 200 valence electrons. The van der Waals surface area contributed by atoms with Crippen molar-refractivity contribution in [2.45, 2.75) is 58.1 Å². The molecule has 4 atom stereocenters. The van der Waals surface area contributed by atoms with E-state index < -0.39 is 25.9 Å². The van der Waals surface area contributed by atoms with Crippen LogP contribution in [0.2, 0.25) is 0 Å². The first-order chi connectivity index (χ1) is 17.7. The molecule has 0 bridgehead atoms. The van der Waals surface area contributed by atoms with Crippen molar-refractivity contribution in [3.05, 3.63) is 36.7 Å². The molecule has 4 N–H and O–H groups in total. The predicted octanol–water partition coefficient (Wildman–Crippen LogP) is 3.26. The summed E-state index contributed by atoms with van der Waals surface area (Å²) in [6.45, 7) is 4.97. The average molecular weight is 534 g/mol. The molecule has 1 aliphatic rings. The summed E-state index contributed by atoms with van der Waals surface area (Å²) in [5, 5.41) is 5.64. The van der Waals surface area contributed by atoms with Crippen LogP contribution in [-0.2, 0) is 23.4 Å². The van der Waals surface area contributed by atoms with E-state index in [-0.39, 0.29) is 24.9 Å². The number of aromatic nitrogens is 4. The molecule has 1 fully saturated rings. The minimum absolute atomic E-state index is 0.0366. The molecule has 4 rings (SSSR count). The van der Waals surface area contributed by atoms with Gasteiger partial charge in [0.05, 0.1) is 25.1 Å². The first kappa shape index (κ1) is 26.8. The molecule has 0 radical (unpaired) electrons. The monoisotopic (exact) mass is 533 g/mol. The van der Waals surface area contributed by atoms with E-state index in [0.29, 0.717) is 35.6 Å². The number of esters is 1. The fraction of sp³-hybridized carbons (Fsp3) is 0.478. The standard InChI is InChI=1S/C23H32N7O6P/c1-14(2)34-22(31)15(3)29-37(32,36-16-8-6-5-7-9-16)33-12-17-10-11-18(35-17)30-13-26-19-20(25-4)27-23(24)28-21(19)30/h5-9,13-15,17-18H,10-12H2,1-4H3,(H,29,32)(H3,24,25,27,28)/t15-,17-,18+,37+/m0/s1. The number of fused-ring (bicyclic) bond motifs is 1. The van der Waals surface area contributed by atoms with Crippen molar-refractivity contribution in [1.82, 2.24) is 24.6 Å². The van der Waals surface area contributed by atoms with Gasteiger partial charge in [-0.1, -0.05) is 18.2 Å². The van der Waals surface area contributed by atoms with Crippen molar-refractivity contribution in [2.24, 2.45) is 0 Å². The van der Waals surface area contributed by atoms with Gasteiger partial charge >= 0.3 is 13.7 Å². The van der Waals surface area contributed by atoms with Gasteiger partial charge in [0.15, 0.2) is 17.0 Å². The summed E-state index contributed by atoms with van der Waals surface area (Å²) < 4.78 is 38.3. The Bertz CT molecular complexity index is 1270. The Morgan fingerprint density at radius 3 is 2.70 bits per heavy atom. The van der Waals surface area contributed by atoms with Gasteiger partial charge in [-0.05, 0) is 45.7 Å². The normalized spacial score (nSPS) is 20.0. The number of carbonyl (C=O) groups is 1. The Hall–Kier alpha value is -3.25. The number of rotatable bonds is 11. The van der Waals surface area contributed by atoms with Gasteiger partial charge < -0.3 is 25.0 Å². The molecule has 3 heterocycles. The van der Waals surface area contributed by atoms with Crippen LogP contribution in [0.1, 0.15) is 39.8 Å². The van der Waals surface area contributed by atoms with Crippen LogP contribution in [0.15, 0.2) is 36.7 Å². The molecule has 0 saturated carbocycles. The van der Waals surface area contributed by atoms with Crippen LogP contribution < -0.4 is 20.7 Å². The Balaban J connectivity index is 1.45. The number of hydrogen-bond donors (Lipinski definition) is 3. The number of hydrogen-bond acceptors (Lipinski definition) is 11. The van der Waals surface area contributed by atoms with E-state index in [0.717, 1.165) is 0 Å². The van der Waals surface area contributed by atoms with Gasteiger partial charge in [-0.2, -0.15) is 15.1 Å². The van der Waals surface area contributed by atoms with E-state index in [9.17, 15) is 9.36 Å². The third-order valence-corrected chi connectivity index (χ3v) is 7.17. The predicted molar refractivity (Wildman–Crippen MR) is 137 cm³/mol. The number of para-hydroxylation sites is 1. The number of nitrogen functional groups attached to an aromatic ring is 1. The molecule has 1 aliphatic heterocycles. The highest BCUT2D eigenvalue weighted by Crippen LogP contribution is 2.46. The second kappa shape index (κ2) is 11.4. The maximum absolute atomic E-state index is 13.7. The van der Waals surface area contributed by atoms with E-state index in [4.69, 9.17) is 24.3 Å². The van der Waals surface area contributed by atoms with Crippen molar-refractivity contribution >= 4 is 36.6 Å². The van der Waals surface area contributed by atoms with E-state index in [1.54, 1.807) is 62.1 Å². The highest BCUT2D eigenvalue weighted by Gasteiger charge is 2.36. The minimum atomic E-state index is -3.98. The molecule has 2 aromatic heterocycles. The maximum Gasteiger partial charge on any atom is 0.459 e. The van der Waals surface area contributed by atoms with Gasteiger partial charge in [0.2, 0.25) is 5.95 Å². The van der Waals surface area contributed by atoms with Crippen molar-refractivity contribution in [3.8, 4) is 5.75 Å². The van der Waals surface area contributed by atoms with E-state index >= 15 is 0 Å². The lowest BCUT2D eigenvalue weighted by Gasteiger charge is -2.24. The zero-order chi connectivity index (χ0) is 26.6. The lowest BCUT2D eigenvalue weighted by molar-refractivity contribution is -0.149. The van der Waals surface area contributed by atoms with Crippen LogP contribution in [0.3, 0.4) is 0 Å². The quantitative estimate of drug-likeness (QED) is 0.244. The third-order valence-electron chi connectivity index (χ3n) is 5.53. The number of imidazole rings is 1. The largest absolute Gasteiger partial charge is 0.462 e. The van der Waals surface area contributed by atoms with Gasteiger partial charge in [0.1, 0.15) is 18.0 Å². The smallest absolute Gasteiger partial charge is 0.459 e. The average Bonchev–Trinajstić information content (AvgIpc) is 3.49. The lowest BCUT2D eigenvalue weighted by Crippen LogP contribution is -2.36. The number of ether oxygens (including phenoxy) is 2. The molecular formula is C23H32N7O6P. The zero-order valence-corrected chi connectivity index (χ0v) is 22.1. The zero-order valence-electron chi connectivity index (χ0n) is 21.2. The second-order valence-corrected chi connectivity index (χ2v) is 10.5. The van der Waals surface area contributed by atoms with Gasteiger partial charge in [-0.3, -0.25) is 13.9 Å². The Morgan fingerprint density at radius 1 is 1.24 bits per heavy atom. The number of carbonyl (C=O) groups excluding carboxylic acids is 1. The van der Waals surface area contributed by atoms with Gasteiger partial charge in [-0.15, -0.1) is 0 Å². The molecule has 14 heteroatoms. The van der Waals surface area contributed by atoms with Crippen LogP contribution in [-0.4, -0.2) is 57.4 Å². The second-order valence-electron chi connectivity index (χ2n) is 8.83. The number of nitrogens with two attached hydrogens (primary N) is 1. The topological polar surface area (TPSA) is 165 Å². The van der Waals surface area contributed by atoms with Crippen molar-refractivity contribution in [2.75, 3.05) is 24.7 Å². The van der Waals surface area contributed by atoms with Crippen molar-refractivity contribution < 1.29 is 27.9 Å². The molecule has 37 heavy (non-hydrogen) atoms. The number of nitrogens with zero attached hydrogens (tertiary/aromatic N) is 4. The Labute approximate surface area is 214 Å². The molecule has 1 saturated heterocycles. The molecule has 0 aliphatic carbocycles. The third kappa shape index (κ3) is 6.55. The van der Waals surface area contributed by atoms with Crippen molar-refractivity contribution in [1.29, 1.82) is 0 Å². The molecule has 0 amide bonds. The van der Waals surface area contributed by atoms with Gasteiger partial charge in [0, 0.05) is 7.05 Å².